The normalized spacial score (nSPS) is 27.0. The third-order valence-corrected chi connectivity index (χ3v) is 7.68. The van der Waals surface area contributed by atoms with Crippen molar-refractivity contribution in [2.45, 2.75) is 32.3 Å². The molecule has 2 aliphatic heterocycles. The minimum absolute atomic E-state index is 0.0411. The molecule has 0 bridgehead atoms. The first-order valence-electron chi connectivity index (χ1n) is 11.9. The van der Waals surface area contributed by atoms with Crippen molar-refractivity contribution in [3.8, 4) is 5.75 Å². The number of methoxy groups -OCH3 is 1. The van der Waals surface area contributed by atoms with Crippen LogP contribution in [0.4, 0.5) is 0 Å². The molecule has 0 saturated carbocycles. The number of likely N-dealkylation sites (tertiary alicyclic amines) is 1. The lowest BCUT2D eigenvalue weighted by molar-refractivity contribution is -0.138. The molecule has 0 aromatic heterocycles. The molecule has 34 heavy (non-hydrogen) atoms. The van der Waals surface area contributed by atoms with Crippen molar-refractivity contribution in [2.24, 2.45) is 17.8 Å². The Labute approximate surface area is 199 Å². The number of hydrogen-bond donors (Lipinski definition) is 1. The van der Waals surface area contributed by atoms with Crippen molar-refractivity contribution in [1.82, 2.24) is 4.90 Å². The van der Waals surface area contributed by atoms with Crippen molar-refractivity contribution in [1.29, 1.82) is 0 Å². The molecule has 1 aliphatic carbocycles. The highest BCUT2D eigenvalue weighted by molar-refractivity contribution is 6.05. The predicted molar refractivity (Wildman–Crippen MR) is 130 cm³/mol. The standard InChI is InChI=1S/C28H31NO5/c1-16(12-17-9-10-23(30)20-7-5-4-6-19(17)20)8-11-24-25-18(14-33-3)13-21-26(22(25)15-34-24)28(32)29(2)27(21)31/h4-7,9-10,12,21-22,24,26,30H,8,11,13-15H2,1-3H3/b16-12+/t21-,22+,24-,26-/m1/s1. The van der Waals surface area contributed by atoms with Crippen molar-refractivity contribution in [2.75, 3.05) is 27.4 Å². The van der Waals surface area contributed by atoms with Gasteiger partial charge in [-0.3, -0.25) is 14.5 Å². The van der Waals surface area contributed by atoms with Crippen LogP contribution >= 0.6 is 0 Å². The molecule has 4 atom stereocenters. The minimum Gasteiger partial charge on any atom is -0.507 e. The van der Waals surface area contributed by atoms with Gasteiger partial charge in [-0.2, -0.15) is 0 Å². The largest absolute Gasteiger partial charge is 0.507 e. The molecule has 3 aliphatic rings. The summed E-state index contributed by atoms with van der Waals surface area (Å²) in [5.74, 6) is -0.504. The SMILES string of the molecule is COCC1=C2[C@@H](CC/C(C)=C/c3ccc(O)c4ccccc34)OC[C@@H]2[C@@H]2C(=O)N(C)C(=O)[C@@H]2C1. The zero-order valence-corrected chi connectivity index (χ0v) is 19.9. The Bertz CT molecular complexity index is 1210. The number of carbonyl (C=O) groups is 2. The van der Waals surface area contributed by atoms with Gasteiger partial charge in [-0.25, -0.2) is 0 Å². The summed E-state index contributed by atoms with van der Waals surface area (Å²) in [6, 6.07) is 11.5. The van der Waals surface area contributed by atoms with Crippen molar-refractivity contribution in [3.63, 3.8) is 0 Å². The number of phenolic OH excluding ortho intramolecular Hbond substituents is 1. The van der Waals surface area contributed by atoms with Gasteiger partial charge in [-0.1, -0.05) is 42.0 Å². The Morgan fingerprint density at radius 3 is 2.68 bits per heavy atom. The Balaban J connectivity index is 1.37. The second kappa shape index (κ2) is 9.01. The molecule has 6 heteroatoms. The number of fused-ring (bicyclic) bond motifs is 4. The monoisotopic (exact) mass is 461 g/mol. The highest BCUT2D eigenvalue weighted by Gasteiger charge is 2.55. The first kappa shape index (κ1) is 22.8. The summed E-state index contributed by atoms with van der Waals surface area (Å²) >= 11 is 0. The Morgan fingerprint density at radius 1 is 1.15 bits per heavy atom. The van der Waals surface area contributed by atoms with E-state index in [4.69, 9.17) is 9.47 Å². The van der Waals surface area contributed by atoms with Gasteiger partial charge >= 0.3 is 0 Å². The molecule has 1 N–H and O–H groups in total. The Hall–Kier alpha value is -2.96. The van der Waals surface area contributed by atoms with Crippen molar-refractivity contribution >= 4 is 28.7 Å². The van der Waals surface area contributed by atoms with Crippen LogP contribution < -0.4 is 0 Å². The summed E-state index contributed by atoms with van der Waals surface area (Å²) in [5.41, 5.74) is 4.60. The van der Waals surface area contributed by atoms with Crippen LogP contribution in [-0.4, -0.2) is 55.3 Å². The molecule has 0 radical (unpaired) electrons. The highest BCUT2D eigenvalue weighted by atomic mass is 16.5. The lowest BCUT2D eigenvalue weighted by Gasteiger charge is -2.31. The molecule has 6 nitrogen and oxygen atoms in total. The number of phenols is 1. The number of hydrogen-bond acceptors (Lipinski definition) is 5. The molecule has 2 amide bonds. The molecule has 5 rings (SSSR count). The van der Waals surface area contributed by atoms with Gasteiger partial charge in [0, 0.05) is 25.5 Å². The number of ether oxygens (including phenoxy) is 2. The summed E-state index contributed by atoms with van der Waals surface area (Å²) in [6.45, 7) is 3.06. The molecule has 0 unspecified atom stereocenters. The van der Waals surface area contributed by atoms with Gasteiger partial charge in [0.25, 0.3) is 0 Å². The van der Waals surface area contributed by atoms with E-state index in [9.17, 15) is 14.7 Å². The van der Waals surface area contributed by atoms with Crippen molar-refractivity contribution < 1.29 is 24.2 Å². The minimum atomic E-state index is -0.307. The Morgan fingerprint density at radius 2 is 1.91 bits per heavy atom. The Kier molecular flexibility index (Phi) is 6.04. The topological polar surface area (TPSA) is 76.1 Å². The van der Waals surface area contributed by atoms with E-state index in [1.165, 1.54) is 16.0 Å². The predicted octanol–water partition coefficient (Wildman–Crippen LogP) is 4.32. The lowest BCUT2D eigenvalue weighted by atomic mass is 9.69. The third-order valence-electron chi connectivity index (χ3n) is 7.68. The first-order valence-corrected chi connectivity index (χ1v) is 11.9. The molecule has 0 spiro atoms. The van der Waals surface area contributed by atoms with Crippen LogP contribution in [0.15, 0.2) is 53.1 Å². The number of aromatic hydroxyl groups is 1. The average Bonchev–Trinajstić information content (AvgIpc) is 3.35. The number of benzene rings is 2. The molecule has 2 heterocycles. The van der Waals surface area contributed by atoms with Gasteiger partial charge in [0.2, 0.25) is 11.8 Å². The molecule has 2 aromatic carbocycles. The fourth-order valence-electron chi connectivity index (χ4n) is 6.07. The zero-order chi connectivity index (χ0) is 24.0. The quantitative estimate of drug-likeness (QED) is 0.512. The summed E-state index contributed by atoms with van der Waals surface area (Å²) in [5, 5.41) is 12.0. The molecular formula is C28H31NO5. The van der Waals surface area contributed by atoms with E-state index in [1.807, 2.05) is 30.3 Å². The van der Waals surface area contributed by atoms with Crippen LogP contribution in [0.3, 0.4) is 0 Å². The maximum Gasteiger partial charge on any atom is 0.233 e. The first-order chi connectivity index (χ1) is 16.4. The van der Waals surface area contributed by atoms with Gasteiger partial charge in [-0.05, 0) is 54.3 Å². The number of allylic oxidation sites excluding steroid dienone is 1. The summed E-state index contributed by atoms with van der Waals surface area (Å²) < 4.78 is 11.7. The van der Waals surface area contributed by atoms with E-state index < -0.39 is 0 Å². The van der Waals surface area contributed by atoms with E-state index in [-0.39, 0.29) is 41.4 Å². The summed E-state index contributed by atoms with van der Waals surface area (Å²) in [7, 11) is 3.26. The fourth-order valence-corrected chi connectivity index (χ4v) is 6.07. The van der Waals surface area contributed by atoms with Crippen LogP contribution in [0.5, 0.6) is 5.75 Å². The van der Waals surface area contributed by atoms with E-state index in [1.54, 1.807) is 20.2 Å². The second-order valence-corrected chi connectivity index (χ2v) is 9.74. The average molecular weight is 462 g/mol. The fraction of sp³-hybridized carbons (Fsp3) is 0.429. The number of imide groups is 1. The van der Waals surface area contributed by atoms with Gasteiger partial charge in [0.1, 0.15) is 5.75 Å². The van der Waals surface area contributed by atoms with Gasteiger partial charge in [0.15, 0.2) is 0 Å². The highest BCUT2D eigenvalue weighted by Crippen LogP contribution is 2.49. The van der Waals surface area contributed by atoms with Crippen LogP contribution in [0.2, 0.25) is 0 Å². The molecule has 2 saturated heterocycles. The maximum absolute atomic E-state index is 12.8. The van der Waals surface area contributed by atoms with E-state index >= 15 is 0 Å². The molecule has 178 valence electrons. The summed E-state index contributed by atoms with van der Waals surface area (Å²) in [6.07, 6.45) is 4.34. The molecular weight excluding hydrogens is 430 g/mol. The number of rotatable bonds is 6. The lowest BCUT2D eigenvalue weighted by Crippen LogP contribution is -2.34. The maximum atomic E-state index is 12.8. The number of amides is 2. The van der Waals surface area contributed by atoms with Crippen LogP contribution in [-0.2, 0) is 19.1 Å². The second-order valence-electron chi connectivity index (χ2n) is 9.74. The van der Waals surface area contributed by atoms with Gasteiger partial charge in [-0.15, -0.1) is 0 Å². The summed E-state index contributed by atoms with van der Waals surface area (Å²) in [4.78, 5) is 26.8. The number of carbonyl (C=O) groups excluding carboxylic acids is 2. The van der Waals surface area contributed by atoms with Crippen LogP contribution in [0.25, 0.3) is 16.8 Å². The third kappa shape index (κ3) is 3.75. The van der Waals surface area contributed by atoms with Crippen LogP contribution in [0.1, 0.15) is 31.7 Å². The van der Waals surface area contributed by atoms with E-state index in [0.717, 1.165) is 34.8 Å². The number of nitrogens with zero attached hydrogens (tertiary/aromatic N) is 1. The van der Waals surface area contributed by atoms with Gasteiger partial charge in [0.05, 0.1) is 31.2 Å². The van der Waals surface area contributed by atoms with E-state index in [2.05, 4.69) is 13.0 Å². The molecule has 2 fully saturated rings. The van der Waals surface area contributed by atoms with Crippen molar-refractivity contribution in [3.05, 3.63) is 58.7 Å². The zero-order valence-electron chi connectivity index (χ0n) is 19.9. The smallest absolute Gasteiger partial charge is 0.233 e. The van der Waals surface area contributed by atoms with Gasteiger partial charge < -0.3 is 14.6 Å². The van der Waals surface area contributed by atoms with E-state index in [0.29, 0.717) is 19.6 Å². The van der Waals surface area contributed by atoms with Crippen LogP contribution in [0, 0.1) is 17.8 Å². The molecule has 2 aromatic rings.